The Kier molecular flexibility index (Phi) is 8.10. The fraction of sp³-hybridized carbons (Fsp3) is 0.667. The first-order valence-corrected chi connectivity index (χ1v) is 9.34. The van der Waals surface area contributed by atoms with Crippen molar-refractivity contribution in [2.24, 2.45) is 17.8 Å². The molecule has 5 nitrogen and oxygen atoms in total. The number of carbonyl (C=O) groups excluding carboxylic acids is 3. The molecule has 0 spiro atoms. The summed E-state index contributed by atoms with van der Waals surface area (Å²) in [4.78, 5) is 38.4. The summed E-state index contributed by atoms with van der Waals surface area (Å²) < 4.78 is 0. The molecule has 1 rings (SSSR count). The lowest BCUT2D eigenvalue weighted by Gasteiger charge is -2.26. The van der Waals surface area contributed by atoms with Crippen molar-refractivity contribution < 1.29 is 24.6 Å². The summed E-state index contributed by atoms with van der Waals surface area (Å²) in [6.45, 7) is 8.97. The Morgan fingerprint density at radius 2 is 1.85 bits per heavy atom. The summed E-state index contributed by atoms with van der Waals surface area (Å²) in [6, 6.07) is 0. The minimum absolute atomic E-state index is 0.0699. The number of aliphatic hydroxyl groups is 2. The van der Waals surface area contributed by atoms with Gasteiger partial charge in [0.1, 0.15) is 11.5 Å². The standard InChI is InChI=1S/C21H32O5/c1-6-15(5)18(23)17-19(24)16(10-9-13(2)3)21(26,20(17)25)11-7-8-14(4)12-22/h8-9,15-17,22,26H,6-7,10-12H2,1-5H3. The number of rotatable bonds is 9. The van der Waals surface area contributed by atoms with Crippen molar-refractivity contribution in [2.45, 2.75) is 65.9 Å². The first-order valence-electron chi connectivity index (χ1n) is 9.34. The highest BCUT2D eigenvalue weighted by Crippen LogP contribution is 2.41. The van der Waals surface area contributed by atoms with Gasteiger partial charge in [-0.25, -0.2) is 0 Å². The molecule has 0 amide bonds. The van der Waals surface area contributed by atoms with E-state index in [1.54, 1.807) is 19.9 Å². The van der Waals surface area contributed by atoms with E-state index in [1.165, 1.54) is 0 Å². The second kappa shape index (κ2) is 9.38. The van der Waals surface area contributed by atoms with Gasteiger partial charge in [-0.15, -0.1) is 0 Å². The monoisotopic (exact) mass is 364 g/mol. The Hall–Kier alpha value is -1.59. The highest BCUT2D eigenvalue weighted by molar-refractivity contribution is 6.27. The van der Waals surface area contributed by atoms with Gasteiger partial charge in [0.2, 0.25) is 0 Å². The molecule has 2 N–H and O–H groups in total. The van der Waals surface area contributed by atoms with E-state index in [0.29, 0.717) is 12.8 Å². The summed E-state index contributed by atoms with van der Waals surface area (Å²) in [7, 11) is 0. The highest BCUT2D eigenvalue weighted by atomic mass is 16.3. The van der Waals surface area contributed by atoms with E-state index in [-0.39, 0.29) is 25.2 Å². The van der Waals surface area contributed by atoms with Gasteiger partial charge < -0.3 is 10.2 Å². The van der Waals surface area contributed by atoms with E-state index in [1.807, 2.05) is 26.8 Å². The topological polar surface area (TPSA) is 91.7 Å². The summed E-state index contributed by atoms with van der Waals surface area (Å²) >= 11 is 0. The highest BCUT2D eigenvalue weighted by Gasteiger charge is 2.60. The average Bonchev–Trinajstić information content (AvgIpc) is 2.77. The molecular weight excluding hydrogens is 332 g/mol. The van der Waals surface area contributed by atoms with Crippen LogP contribution < -0.4 is 0 Å². The van der Waals surface area contributed by atoms with Crippen LogP contribution in [0.25, 0.3) is 0 Å². The lowest BCUT2D eigenvalue weighted by Crippen LogP contribution is -2.42. The van der Waals surface area contributed by atoms with Crippen LogP contribution in [0.3, 0.4) is 0 Å². The van der Waals surface area contributed by atoms with Crippen LogP contribution >= 0.6 is 0 Å². The average molecular weight is 364 g/mol. The molecule has 0 bridgehead atoms. The fourth-order valence-corrected chi connectivity index (χ4v) is 3.31. The molecule has 0 aromatic rings. The van der Waals surface area contributed by atoms with Crippen LogP contribution in [-0.4, -0.2) is 39.8 Å². The van der Waals surface area contributed by atoms with Crippen molar-refractivity contribution in [3.8, 4) is 0 Å². The van der Waals surface area contributed by atoms with E-state index in [4.69, 9.17) is 5.11 Å². The van der Waals surface area contributed by atoms with Crippen LogP contribution in [-0.2, 0) is 14.4 Å². The largest absolute Gasteiger partial charge is 0.392 e. The smallest absolute Gasteiger partial charge is 0.182 e. The molecule has 1 saturated carbocycles. The van der Waals surface area contributed by atoms with Gasteiger partial charge in [0, 0.05) is 5.92 Å². The summed E-state index contributed by atoms with van der Waals surface area (Å²) in [5.41, 5.74) is -0.109. The molecule has 0 aromatic heterocycles. The second-order valence-corrected chi connectivity index (χ2v) is 7.65. The summed E-state index contributed by atoms with van der Waals surface area (Å²) in [6.07, 6.45) is 4.79. The Bertz CT molecular complexity index is 612. The maximum Gasteiger partial charge on any atom is 0.182 e. The number of hydrogen-bond donors (Lipinski definition) is 2. The van der Waals surface area contributed by atoms with Gasteiger partial charge in [0.15, 0.2) is 17.3 Å². The van der Waals surface area contributed by atoms with E-state index >= 15 is 0 Å². The van der Waals surface area contributed by atoms with Gasteiger partial charge in [0.25, 0.3) is 0 Å². The molecule has 1 fully saturated rings. The van der Waals surface area contributed by atoms with Crippen LogP contribution in [0.4, 0.5) is 0 Å². The van der Waals surface area contributed by atoms with Gasteiger partial charge in [-0.3, -0.25) is 14.4 Å². The molecule has 1 aliphatic carbocycles. The van der Waals surface area contributed by atoms with Gasteiger partial charge in [-0.2, -0.15) is 0 Å². The normalized spacial score (nSPS) is 27.6. The van der Waals surface area contributed by atoms with Crippen LogP contribution in [0.2, 0.25) is 0 Å². The minimum atomic E-state index is -1.83. The Labute approximate surface area is 156 Å². The number of Topliss-reactive ketones (excluding diaryl/α,β-unsaturated/α-hetero) is 3. The Morgan fingerprint density at radius 3 is 2.35 bits per heavy atom. The van der Waals surface area contributed by atoms with Crippen LogP contribution in [0.1, 0.15) is 60.3 Å². The lowest BCUT2D eigenvalue weighted by molar-refractivity contribution is -0.144. The van der Waals surface area contributed by atoms with Gasteiger partial charge in [-0.05, 0) is 46.5 Å². The zero-order valence-electron chi connectivity index (χ0n) is 16.5. The number of carbonyl (C=O) groups is 3. The number of allylic oxidation sites excluding steroid dienone is 3. The van der Waals surface area contributed by atoms with Gasteiger partial charge >= 0.3 is 0 Å². The third kappa shape index (κ3) is 4.77. The van der Waals surface area contributed by atoms with E-state index in [2.05, 4.69) is 0 Å². The quantitative estimate of drug-likeness (QED) is 0.485. The van der Waals surface area contributed by atoms with Gasteiger partial charge in [0.05, 0.1) is 12.5 Å². The molecule has 0 heterocycles. The SMILES string of the molecule is CCC(C)C(=O)C1C(=O)C(CC=C(C)C)C(O)(CCC=C(C)CO)C1=O. The van der Waals surface area contributed by atoms with Crippen molar-refractivity contribution in [3.05, 3.63) is 23.3 Å². The summed E-state index contributed by atoms with van der Waals surface area (Å²) in [5, 5.41) is 20.2. The number of hydrogen-bond acceptors (Lipinski definition) is 5. The summed E-state index contributed by atoms with van der Waals surface area (Å²) in [5.74, 6) is -4.14. The fourth-order valence-electron chi connectivity index (χ4n) is 3.31. The van der Waals surface area contributed by atoms with Crippen LogP contribution in [0.5, 0.6) is 0 Å². The first-order chi connectivity index (χ1) is 12.1. The number of ketones is 3. The Morgan fingerprint density at radius 1 is 1.23 bits per heavy atom. The van der Waals surface area contributed by atoms with Crippen LogP contribution in [0, 0.1) is 17.8 Å². The maximum atomic E-state index is 12.9. The molecule has 146 valence electrons. The number of aliphatic hydroxyl groups excluding tert-OH is 1. The van der Waals surface area contributed by atoms with Crippen molar-refractivity contribution in [3.63, 3.8) is 0 Å². The maximum absolute atomic E-state index is 12.9. The van der Waals surface area contributed by atoms with Crippen molar-refractivity contribution in [1.29, 1.82) is 0 Å². The first kappa shape index (κ1) is 22.5. The van der Waals surface area contributed by atoms with Crippen molar-refractivity contribution in [1.82, 2.24) is 0 Å². The molecule has 0 aliphatic heterocycles. The molecular formula is C21H32O5. The zero-order chi connectivity index (χ0) is 20.1. The Balaban J connectivity index is 3.20. The van der Waals surface area contributed by atoms with Crippen molar-refractivity contribution in [2.75, 3.05) is 6.61 Å². The molecule has 1 aliphatic rings. The van der Waals surface area contributed by atoms with Crippen molar-refractivity contribution >= 4 is 17.3 Å². The predicted molar refractivity (Wildman–Crippen MR) is 101 cm³/mol. The molecule has 0 saturated heterocycles. The third-order valence-electron chi connectivity index (χ3n) is 5.31. The van der Waals surface area contributed by atoms with E-state index in [9.17, 15) is 19.5 Å². The van der Waals surface area contributed by atoms with Gasteiger partial charge in [-0.1, -0.05) is 37.1 Å². The van der Waals surface area contributed by atoms with E-state index < -0.39 is 34.9 Å². The predicted octanol–water partition coefficient (Wildman–Crippen LogP) is 2.79. The lowest BCUT2D eigenvalue weighted by atomic mass is 9.82. The molecule has 0 aromatic carbocycles. The zero-order valence-corrected chi connectivity index (χ0v) is 16.5. The molecule has 0 radical (unpaired) electrons. The molecule has 26 heavy (non-hydrogen) atoms. The van der Waals surface area contributed by atoms with E-state index in [0.717, 1.165) is 11.1 Å². The molecule has 5 heteroatoms. The van der Waals surface area contributed by atoms with Crippen LogP contribution in [0.15, 0.2) is 23.3 Å². The molecule has 4 atom stereocenters. The third-order valence-corrected chi connectivity index (χ3v) is 5.31. The molecule has 4 unspecified atom stereocenters. The minimum Gasteiger partial charge on any atom is -0.392 e. The second-order valence-electron chi connectivity index (χ2n) is 7.65.